The molecule has 5 rings (SSSR count). The van der Waals surface area contributed by atoms with Gasteiger partial charge in [-0.1, -0.05) is 90.5 Å². The number of thioether (sulfide) groups is 1. The fourth-order valence-electron chi connectivity index (χ4n) is 6.05. The third kappa shape index (κ3) is 11.6. The van der Waals surface area contributed by atoms with E-state index in [1.165, 1.54) is 18.7 Å². The molecule has 0 fully saturated rings. The predicted octanol–water partition coefficient (Wildman–Crippen LogP) is 6.87. The number of nitrogens with one attached hydrogen (secondary N) is 4. The molecule has 1 atom stereocenters. The second-order valence-electron chi connectivity index (χ2n) is 12.6. The van der Waals surface area contributed by atoms with Gasteiger partial charge in [-0.05, 0) is 71.8 Å². The molecule has 282 valence electrons. The summed E-state index contributed by atoms with van der Waals surface area (Å²) in [4.78, 5) is 50.3. The number of benzene rings is 4. The molecular formula is C41H44ClN5O6S. The van der Waals surface area contributed by atoms with Crippen molar-refractivity contribution in [3.05, 3.63) is 124 Å². The summed E-state index contributed by atoms with van der Waals surface area (Å²) < 4.78 is 11.3. The number of hydrogen-bond donors (Lipinski definition) is 4. The van der Waals surface area contributed by atoms with Crippen molar-refractivity contribution in [3.63, 3.8) is 0 Å². The second-order valence-corrected chi connectivity index (χ2v) is 14.0. The summed E-state index contributed by atoms with van der Waals surface area (Å²) in [7, 11) is 0. The molecule has 0 aromatic heterocycles. The zero-order chi connectivity index (χ0) is 38.3. The van der Waals surface area contributed by atoms with Gasteiger partial charge in [0.15, 0.2) is 6.61 Å². The van der Waals surface area contributed by atoms with Gasteiger partial charge in [0.25, 0.3) is 5.91 Å². The number of hydrazone groups is 1. The zero-order valence-corrected chi connectivity index (χ0v) is 31.8. The Bertz CT molecular complexity index is 1910. The van der Waals surface area contributed by atoms with E-state index in [0.29, 0.717) is 41.7 Å². The Kier molecular flexibility index (Phi) is 14.9. The first kappa shape index (κ1) is 39.9. The van der Waals surface area contributed by atoms with Crippen LogP contribution in [0.15, 0.2) is 102 Å². The van der Waals surface area contributed by atoms with Crippen molar-refractivity contribution >= 4 is 52.9 Å². The second kappa shape index (κ2) is 20.2. The third-order valence-electron chi connectivity index (χ3n) is 8.66. The lowest BCUT2D eigenvalue weighted by Gasteiger charge is -2.21. The lowest BCUT2D eigenvalue weighted by atomic mass is 9.98. The van der Waals surface area contributed by atoms with Crippen LogP contribution in [0.1, 0.15) is 48.4 Å². The van der Waals surface area contributed by atoms with Gasteiger partial charge in [-0.15, -0.1) is 0 Å². The quantitative estimate of drug-likeness (QED) is 0.0638. The van der Waals surface area contributed by atoms with Crippen LogP contribution in [0.3, 0.4) is 0 Å². The normalized spacial score (nSPS) is 12.5. The van der Waals surface area contributed by atoms with Crippen LogP contribution < -0.4 is 26.1 Å². The summed E-state index contributed by atoms with van der Waals surface area (Å²) in [5, 5.41) is 13.3. The lowest BCUT2D eigenvalue weighted by molar-refractivity contribution is -0.123. The molecule has 11 nitrogen and oxygen atoms in total. The Labute approximate surface area is 324 Å². The number of carbonyl (C=O) groups excluding carboxylic acids is 4. The van der Waals surface area contributed by atoms with Gasteiger partial charge in [0.05, 0.1) is 11.8 Å². The van der Waals surface area contributed by atoms with Gasteiger partial charge in [0.1, 0.15) is 18.1 Å². The molecule has 4 amide bonds. The van der Waals surface area contributed by atoms with Gasteiger partial charge < -0.3 is 25.4 Å². The molecule has 0 spiro atoms. The number of fused-ring (bicyclic) bond motifs is 3. The van der Waals surface area contributed by atoms with Crippen LogP contribution in [0.2, 0.25) is 5.02 Å². The number of nitrogens with zero attached hydrogens (tertiary/aromatic N) is 1. The average molecular weight is 770 g/mol. The number of amides is 4. The number of urea groups is 1. The summed E-state index contributed by atoms with van der Waals surface area (Å²) in [6, 6.07) is 29.5. The van der Waals surface area contributed by atoms with Gasteiger partial charge in [0, 0.05) is 42.0 Å². The minimum atomic E-state index is -0.842. The number of Topliss-reactive ketones (excluding diaryl/α,β-unsaturated/α-hetero) is 1. The van der Waals surface area contributed by atoms with E-state index in [2.05, 4.69) is 38.6 Å². The van der Waals surface area contributed by atoms with E-state index in [1.807, 2.05) is 79.7 Å². The number of alkyl carbamates (subject to hydrolysis) is 1. The van der Waals surface area contributed by atoms with Gasteiger partial charge in [-0.3, -0.25) is 9.59 Å². The first-order valence-corrected chi connectivity index (χ1v) is 19.3. The van der Waals surface area contributed by atoms with Gasteiger partial charge in [-0.2, -0.15) is 16.9 Å². The first-order chi connectivity index (χ1) is 26.2. The molecule has 1 aliphatic carbocycles. The molecule has 4 aromatic carbocycles. The van der Waals surface area contributed by atoms with E-state index in [4.69, 9.17) is 21.1 Å². The topological polar surface area (TPSA) is 147 Å². The molecular weight excluding hydrogens is 726 g/mol. The maximum atomic E-state index is 13.3. The highest BCUT2D eigenvalue weighted by Gasteiger charge is 2.30. The van der Waals surface area contributed by atoms with Crippen LogP contribution in [-0.4, -0.2) is 67.6 Å². The number of halogens is 1. The molecule has 0 aliphatic heterocycles. The Morgan fingerprint density at radius 2 is 1.54 bits per heavy atom. The fraction of sp³-hybridized carbons (Fsp3) is 0.293. The molecule has 4 aromatic rings. The summed E-state index contributed by atoms with van der Waals surface area (Å²) in [5.41, 5.74) is 9.19. The van der Waals surface area contributed by atoms with Crippen molar-refractivity contribution in [2.75, 3.05) is 32.1 Å². The Morgan fingerprint density at radius 3 is 2.20 bits per heavy atom. The smallest absolute Gasteiger partial charge is 0.407 e. The highest BCUT2D eigenvalue weighted by atomic mass is 35.5. The van der Waals surface area contributed by atoms with E-state index in [0.717, 1.165) is 33.4 Å². The van der Waals surface area contributed by atoms with Crippen LogP contribution in [0, 0.1) is 0 Å². The molecule has 4 N–H and O–H groups in total. The van der Waals surface area contributed by atoms with E-state index < -0.39 is 18.2 Å². The van der Waals surface area contributed by atoms with Crippen molar-refractivity contribution in [1.82, 2.24) is 21.4 Å². The van der Waals surface area contributed by atoms with E-state index in [9.17, 15) is 19.2 Å². The molecule has 54 heavy (non-hydrogen) atoms. The van der Waals surface area contributed by atoms with Gasteiger partial charge >= 0.3 is 12.1 Å². The summed E-state index contributed by atoms with van der Waals surface area (Å²) in [5.74, 6) is 0.885. The SMILES string of the molecule is CCNC(=O)COc1ccc(CCNC(=O)N/N=C(/CSCc2ccccc2Cl)[C@H](CC(C)=O)NC(=O)OCC2c3ccccc3-c3ccccc32)cc1. The maximum absolute atomic E-state index is 13.3. The van der Waals surface area contributed by atoms with Gasteiger partial charge in [-0.25, -0.2) is 15.0 Å². The summed E-state index contributed by atoms with van der Waals surface area (Å²) >= 11 is 7.86. The Hall–Kier alpha value is -5.33. The number of hydrogen-bond acceptors (Lipinski definition) is 8. The lowest BCUT2D eigenvalue weighted by Crippen LogP contribution is -2.45. The number of rotatable bonds is 18. The highest BCUT2D eigenvalue weighted by molar-refractivity contribution is 7.99. The van der Waals surface area contributed by atoms with E-state index >= 15 is 0 Å². The van der Waals surface area contributed by atoms with Crippen molar-refractivity contribution < 1.29 is 28.7 Å². The zero-order valence-electron chi connectivity index (χ0n) is 30.2. The van der Waals surface area contributed by atoms with Gasteiger partial charge in [0.2, 0.25) is 0 Å². The standard InChI is InChI=1S/C41H44ClN5O6S/c1-3-43-39(49)24-52-30-18-16-28(17-19-30)20-21-44-40(50)47-46-38(26-54-25-29-10-4-9-15-36(29)42)37(22-27(2)48)45-41(51)53-23-35-33-13-7-5-11-31(33)32-12-6-8-14-34(32)35/h4-19,35,37H,3,20-26H2,1-2H3,(H,43,49)(H,45,51)(H2,44,47,50)/b46-38-/t37-/m0/s1. The summed E-state index contributed by atoms with van der Waals surface area (Å²) in [6.45, 7) is 4.16. The molecule has 0 heterocycles. The first-order valence-electron chi connectivity index (χ1n) is 17.7. The van der Waals surface area contributed by atoms with E-state index in [1.54, 1.807) is 12.1 Å². The Morgan fingerprint density at radius 1 is 0.870 bits per heavy atom. The maximum Gasteiger partial charge on any atom is 0.407 e. The fourth-order valence-corrected chi connectivity index (χ4v) is 7.38. The Balaban J connectivity index is 1.21. The van der Waals surface area contributed by atoms with Crippen LogP contribution in [0.5, 0.6) is 5.75 Å². The molecule has 0 saturated carbocycles. The van der Waals surface area contributed by atoms with Crippen LogP contribution in [0.4, 0.5) is 9.59 Å². The molecule has 0 saturated heterocycles. The van der Waals surface area contributed by atoms with Crippen LogP contribution >= 0.6 is 23.4 Å². The minimum absolute atomic E-state index is 0.0536. The molecule has 13 heteroatoms. The van der Waals surface area contributed by atoms with Crippen molar-refractivity contribution in [3.8, 4) is 16.9 Å². The average Bonchev–Trinajstić information content (AvgIpc) is 3.49. The molecule has 0 radical (unpaired) electrons. The highest BCUT2D eigenvalue weighted by Crippen LogP contribution is 2.44. The van der Waals surface area contributed by atoms with Crippen molar-refractivity contribution in [2.24, 2.45) is 5.10 Å². The predicted molar refractivity (Wildman–Crippen MR) is 213 cm³/mol. The van der Waals surface area contributed by atoms with Crippen LogP contribution in [0.25, 0.3) is 11.1 Å². The third-order valence-corrected chi connectivity index (χ3v) is 10.0. The van der Waals surface area contributed by atoms with Crippen molar-refractivity contribution in [2.45, 2.75) is 44.4 Å². The molecule has 0 bridgehead atoms. The number of likely N-dealkylation sites (N-methyl/N-ethyl adjacent to an activating group) is 1. The number of ketones is 1. The molecule has 1 aliphatic rings. The number of carbonyl (C=O) groups is 4. The minimum Gasteiger partial charge on any atom is -0.484 e. The summed E-state index contributed by atoms with van der Waals surface area (Å²) in [6.07, 6.45) is -0.218. The monoisotopic (exact) mass is 769 g/mol. The van der Waals surface area contributed by atoms with Crippen LogP contribution in [-0.2, 0) is 26.5 Å². The van der Waals surface area contributed by atoms with Crippen molar-refractivity contribution in [1.29, 1.82) is 0 Å². The number of ether oxygens (including phenoxy) is 2. The molecule has 0 unspecified atom stereocenters. The van der Waals surface area contributed by atoms with E-state index in [-0.39, 0.29) is 43.0 Å². The largest absolute Gasteiger partial charge is 0.484 e.